The van der Waals surface area contributed by atoms with Crippen LogP contribution in [0.2, 0.25) is 0 Å². The maximum absolute atomic E-state index is 12.4. The smallest absolute Gasteiger partial charge is 0.340 e. The summed E-state index contributed by atoms with van der Waals surface area (Å²) in [5.41, 5.74) is 1.08. The second-order valence-electron chi connectivity index (χ2n) is 7.38. The van der Waals surface area contributed by atoms with Crippen molar-refractivity contribution in [3.8, 4) is 0 Å². The topological polar surface area (TPSA) is 103 Å². The molecule has 2 aromatic rings. The Kier molecular flexibility index (Phi) is 8.73. The maximum Gasteiger partial charge on any atom is 0.340 e. The number of hydrogen-bond acceptors (Lipinski definition) is 8. The number of ether oxygens (including phenoxy) is 3. The average molecular weight is 479 g/mol. The van der Waals surface area contributed by atoms with Crippen LogP contribution in [0.15, 0.2) is 24.3 Å². The fourth-order valence-corrected chi connectivity index (χ4v) is 3.82. The Hall–Kier alpha value is -2.98. The van der Waals surface area contributed by atoms with E-state index in [2.05, 4.69) is 10.6 Å². The largest absolute Gasteiger partial charge is 0.465 e. The van der Waals surface area contributed by atoms with Crippen LogP contribution in [0.4, 0.5) is 10.7 Å². The van der Waals surface area contributed by atoms with Crippen LogP contribution in [0.3, 0.4) is 0 Å². The second kappa shape index (κ2) is 11.1. The molecule has 2 N–H and O–H groups in total. The number of carbonyl (C=O) groups is 3. The Balaban J connectivity index is 2.31. The summed E-state index contributed by atoms with van der Waals surface area (Å²) in [6, 6.07) is 6.15. The number of thiocarbonyl (C=S) groups is 1. The molecule has 0 aliphatic heterocycles. The van der Waals surface area contributed by atoms with E-state index in [9.17, 15) is 14.4 Å². The highest BCUT2D eigenvalue weighted by Crippen LogP contribution is 2.28. The number of hydrogen-bond donors (Lipinski definition) is 2. The van der Waals surface area contributed by atoms with Crippen molar-refractivity contribution in [3.05, 3.63) is 45.8 Å². The van der Waals surface area contributed by atoms with Crippen molar-refractivity contribution < 1.29 is 28.6 Å². The lowest BCUT2D eigenvalue weighted by atomic mass is 10.1. The highest BCUT2D eigenvalue weighted by atomic mass is 32.1. The highest BCUT2D eigenvalue weighted by molar-refractivity contribution is 7.80. The zero-order valence-electron chi connectivity index (χ0n) is 18.7. The first-order chi connectivity index (χ1) is 15.0. The molecule has 1 aromatic heterocycles. The molecule has 0 unspecified atom stereocenters. The van der Waals surface area contributed by atoms with Crippen molar-refractivity contribution in [1.29, 1.82) is 0 Å². The molecular formula is C22H26N2O6S2. The first-order valence-corrected chi connectivity index (χ1v) is 11.1. The van der Waals surface area contributed by atoms with E-state index in [1.165, 1.54) is 36.6 Å². The van der Waals surface area contributed by atoms with Crippen LogP contribution in [-0.4, -0.2) is 42.3 Å². The van der Waals surface area contributed by atoms with Gasteiger partial charge in [-0.05, 0) is 71.1 Å². The molecule has 172 valence electrons. The summed E-state index contributed by atoms with van der Waals surface area (Å²) in [5.74, 6) is -1.65. The lowest BCUT2D eigenvalue weighted by Gasteiger charge is -2.15. The molecule has 0 fully saturated rings. The van der Waals surface area contributed by atoms with E-state index in [4.69, 9.17) is 26.4 Å². The number of nitrogens with one attached hydrogen (secondary N) is 2. The van der Waals surface area contributed by atoms with Crippen molar-refractivity contribution in [3.63, 3.8) is 0 Å². The lowest BCUT2D eigenvalue weighted by molar-refractivity contribution is 0.0377. The molecular weight excluding hydrogens is 452 g/mol. The van der Waals surface area contributed by atoms with E-state index in [0.717, 1.165) is 4.88 Å². The first kappa shape index (κ1) is 25.3. The average Bonchev–Trinajstić information content (AvgIpc) is 3.05. The predicted molar refractivity (Wildman–Crippen MR) is 128 cm³/mol. The van der Waals surface area contributed by atoms with Crippen molar-refractivity contribution in [2.24, 2.45) is 0 Å². The summed E-state index contributed by atoms with van der Waals surface area (Å²) >= 11 is 6.71. The van der Waals surface area contributed by atoms with Crippen LogP contribution in [0.25, 0.3) is 0 Å². The highest BCUT2D eigenvalue weighted by Gasteiger charge is 2.19. The van der Waals surface area contributed by atoms with Gasteiger partial charge in [-0.25, -0.2) is 14.4 Å². The third-order valence-electron chi connectivity index (χ3n) is 3.84. The summed E-state index contributed by atoms with van der Waals surface area (Å²) < 4.78 is 15.3. The van der Waals surface area contributed by atoms with Gasteiger partial charge in [0.2, 0.25) is 0 Å². The monoisotopic (exact) mass is 478 g/mol. The van der Waals surface area contributed by atoms with Crippen molar-refractivity contribution in [2.75, 3.05) is 17.7 Å². The minimum absolute atomic E-state index is 0.162. The Morgan fingerprint density at radius 3 is 1.88 bits per heavy atom. The Bertz CT molecular complexity index is 989. The van der Waals surface area contributed by atoms with Gasteiger partial charge in [-0.1, -0.05) is 0 Å². The van der Waals surface area contributed by atoms with Gasteiger partial charge in [-0.2, -0.15) is 0 Å². The van der Waals surface area contributed by atoms with Crippen molar-refractivity contribution in [2.45, 2.75) is 46.8 Å². The number of benzene rings is 1. The quantitative estimate of drug-likeness (QED) is 0.330. The maximum atomic E-state index is 12.4. The molecule has 0 spiro atoms. The standard InChI is InChI=1S/C22H26N2O6S2/c1-11(2)29-19(25)14-8-15(20(26)30-12(3)4)10-16(9-14)23-22(31)24-18-17(21(27)28-6)7-13(5)32-18/h7-12H,1-6H3,(H2,23,24,31). The molecule has 0 aliphatic rings. The van der Waals surface area contributed by atoms with Crippen LogP contribution in [-0.2, 0) is 14.2 Å². The predicted octanol–water partition coefficient (Wildman–Crippen LogP) is 4.78. The number of aryl methyl sites for hydroxylation is 1. The van der Waals surface area contributed by atoms with Crippen LogP contribution in [0.5, 0.6) is 0 Å². The third kappa shape index (κ3) is 7.03. The molecule has 0 saturated heterocycles. The van der Waals surface area contributed by atoms with Crippen LogP contribution in [0, 0.1) is 6.92 Å². The first-order valence-electron chi connectivity index (χ1n) is 9.84. The Morgan fingerprint density at radius 1 is 0.875 bits per heavy atom. The number of esters is 3. The summed E-state index contributed by atoms with van der Waals surface area (Å²) in [6.07, 6.45) is -0.654. The van der Waals surface area contributed by atoms with Gasteiger partial charge in [-0.3, -0.25) is 0 Å². The molecule has 0 saturated carbocycles. The van der Waals surface area contributed by atoms with Crippen LogP contribution >= 0.6 is 23.6 Å². The summed E-state index contributed by atoms with van der Waals surface area (Å²) in [5, 5.41) is 6.58. The summed E-state index contributed by atoms with van der Waals surface area (Å²) in [6.45, 7) is 8.78. The van der Waals surface area contributed by atoms with Crippen LogP contribution in [0.1, 0.15) is 63.6 Å². The Morgan fingerprint density at radius 2 is 1.41 bits per heavy atom. The third-order valence-corrected chi connectivity index (χ3v) is 5.01. The van der Waals surface area contributed by atoms with E-state index in [0.29, 0.717) is 16.3 Å². The van der Waals surface area contributed by atoms with Gasteiger partial charge >= 0.3 is 17.9 Å². The van der Waals surface area contributed by atoms with Gasteiger partial charge in [0.1, 0.15) is 5.00 Å². The van der Waals surface area contributed by atoms with Gasteiger partial charge in [0.15, 0.2) is 5.11 Å². The molecule has 2 rings (SSSR count). The minimum atomic E-state index is -0.581. The minimum Gasteiger partial charge on any atom is -0.465 e. The summed E-state index contributed by atoms with van der Waals surface area (Å²) in [4.78, 5) is 37.7. The molecule has 1 heterocycles. The van der Waals surface area contributed by atoms with Crippen molar-refractivity contribution >= 4 is 57.3 Å². The van der Waals surface area contributed by atoms with Gasteiger partial charge < -0.3 is 24.8 Å². The number of methoxy groups -OCH3 is 1. The number of thiophene rings is 1. The van der Waals surface area contributed by atoms with Gasteiger partial charge in [-0.15, -0.1) is 11.3 Å². The van der Waals surface area contributed by atoms with E-state index >= 15 is 0 Å². The van der Waals surface area contributed by atoms with Gasteiger partial charge in [0.25, 0.3) is 0 Å². The Labute approximate surface area is 196 Å². The van der Waals surface area contributed by atoms with Gasteiger partial charge in [0.05, 0.1) is 36.0 Å². The van der Waals surface area contributed by atoms with E-state index in [1.54, 1.807) is 33.8 Å². The number of carbonyl (C=O) groups excluding carboxylic acids is 3. The zero-order valence-corrected chi connectivity index (χ0v) is 20.4. The lowest BCUT2D eigenvalue weighted by Crippen LogP contribution is -2.21. The van der Waals surface area contributed by atoms with Crippen molar-refractivity contribution in [1.82, 2.24) is 0 Å². The molecule has 0 amide bonds. The fourth-order valence-electron chi connectivity index (χ4n) is 2.63. The molecule has 0 atom stereocenters. The van der Waals surface area contributed by atoms with E-state index in [1.807, 2.05) is 6.92 Å². The molecule has 32 heavy (non-hydrogen) atoms. The molecule has 8 nitrogen and oxygen atoms in total. The normalized spacial score (nSPS) is 10.6. The van der Waals surface area contributed by atoms with Gasteiger partial charge in [0, 0.05) is 10.6 Å². The molecule has 0 radical (unpaired) electrons. The zero-order chi connectivity index (χ0) is 24.0. The number of anilines is 2. The molecule has 0 aliphatic carbocycles. The molecule has 1 aromatic carbocycles. The number of rotatable bonds is 7. The molecule has 10 heteroatoms. The summed E-state index contributed by atoms with van der Waals surface area (Å²) in [7, 11) is 1.30. The SMILES string of the molecule is COC(=O)c1cc(C)sc1NC(=S)Nc1cc(C(=O)OC(C)C)cc(C(=O)OC(C)C)c1. The molecule has 0 bridgehead atoms. The van der Waals surface area contributed by atoms with Crippen LogP contribution < -0.4 is 10.6 Å². The van der Waals surface area contributed by atoms with E-state index in [-0.39, 0.29) is 28.4 Å². The fraction of sp³-hybridized carbons (Fsp3) is 0.364. The van der Waals surface area contributed by atoms with E-state index < -0.39 is 17.9 Å². The second-order valence-corrected chi connectivity index (χ2v) is 9.04.